The van der Waals surface area contributed by atoms with Crippen LogP contribution in [0.2, 0.25) is 0 Å². The first-order chi connectivity index (χ1) is 13.3. The smallest absolute Gasteiger partial charge is 0.289 e. The summed E-state index contributed by atoms with van der Waals surface area (Å²) >= 11 is 0. The second-order valence-electron chi connectivity index (χ2n) is 7.67. The maximum atomic E-state index is 12.7. The van der Waals surface area contributed by atoms with Crippen LogP contribution in [0.5, 0.6) is 0 Å². The molecule has 4 heterocycles. The van der Waals surface area contributed by atoms with Crippen LogP contribution in [-0.4, -0.2) is 36.3 Å². The topological polar surface area (TPSA) is 77.6 Å². The maximum Gasteiger partial charge on any atom is 0.289 e. The van der Waals surface area contributed by atoms with Gasteiger partial charge in [-0.05, 0) is 56.7 Å². The molecule has 1 aliphatic carbocycles. The molecule has 7 nitrogen and oxygen atoms in total. The molecule has 140 valence electrons. The number of carbonyl (C=O) groups excluding carboxylic acids is 1. The number of aryl methyl sites for hydroxylation is 1. The Morgan fingerprint density at radius 3 is 2.89 bits per heavy atom. The predicted octanol–water partition coefficient (Wildman–Crippen LogP) is 2.88. The average Bonchev–Trinajstić information content (AvgIpc) is 3.33. The van der Waals surface area contributed by atoms with E-state index in [0.717, 1.165) is 63.0 Å². The Hall–Kier alpha value is -2.70. The fourth-order valence-electron chi connectivity index (χ4n) is 4.51. The van der Waals surface area contributed by atoms with E-state index < -0.39 is 0 Å². The van der Waals surface area contributed by atoms with Gasteiger partial charge in [-0.2, -0.15) is 0 Å². The molecule has 1 fully saturated rings. The number of fused-ring (bicyclic) bond motifs is 2. The number of hydrogen-bond acceptors (Lipinski definition) is 4. The highest BCUT2D eigenvalue weighted by Crippen LogP contribution is 2.31. The van der Waals surface area contributed by atoms with Crippen molar-refractivity contribution in [3.63, 3.8) is 0 Å². The van der Waals surface area contributed by atoms with E-state index in [1.807, 2.05) is 16.8 Å². The van der Waals surface area contributed by atoms with Crippen molar-refractivity contribution >= 4 is 16.9 Å². The third-order valence-electron chi connectivity index (χ3n) is 5.96. The third kappa shape index (κ3) is 3.01. The molecular weight excluding hydrogens is 340 g/mol. The lowest BCUT2D eigenvalue weighted by Gasteiger charge is -2.30. The molecule has 7 heteroatoms. The van der Waals surface area contributed by atoms with E-state index in [1.165, 1.54) is 5.39 Å². The van der Waals surface area contributed by atoms with Crippen molar-refractivity contribution in [2.24, 2.45) is 0 Å². The molecule has 1 amide bonds. The Morgan fingerprint density at radius 2 is 2.00 bits per heavy atom. The van der Waals surface area contributed by atoms with Crippen molar-refractivity contribution in [3.05, 3.63) is 42.2 Å². The summed E-state index contributed by atoms with van der Waals surface area (Å²) in [6.07, 6.45) is 11.2. The molecular formula is C20H24N6O. The highest BCUT2D eigenvalue weighted by molar-refractivity contribution is 5.91. The molecule has 1 N–H and O–H groups in total. The van der Waals surface area contributed by atoms with Gasteiger partial charge in [0.25, 0.3) is 5.91 Å². The summed E-state index contributed by atoms with van der Waals surface area (Å²) in [6.45, 7) is 0.853. The van der Waals surface area contributed by atoms with Crippen molar-refractivity contribution in [2.75, 3.05) is 0 Å². The van der Waals surface area contributed by atoms with Crippen LogP contribution in [0.1, 0.15) is 61.0 Å². The van der Waals surface area contributed by atoms with Gasteiger partial charge in [-0.1, -0.05) is 0 Å². The number of aromatic nitrogens is 5. The summed E-state index contributed by atoms with van der Waals surface area (Å²) in [5.41, 5.74) is 1.06. The first kappa shape index (κ1) is 16.5. The minimum Gasteiger partial charge on any atom is -0.347 e. The summed E-state index contributed by atoms with van der Waals surface area (Å²) in [5.74, 6) is 1.35. The van der Waals surface area contributed by atoms with Gasteiger partial charge in [0.1, 0.15) is 11.5 Å². The minimum absolute atomic E-state index is 0.0767. The Balaban J connectivity index is 1.23. The van der Waals surface area contributed by atoms with Gasteiger partial charge in [-0.15, -0.1) is 10.2 Å². The number of rotatable bonds is 3. The van der Waals surface area contributed by atoms with Gasteiger partial charge in [-0.3, -0.25) is 4.79 Å². The van der Waals surface area contributed by atoms with Crippen molar-refractivity contribution in [1.82, 2.24) is 29.6 Å². The van der Waals surface area contributed by atoms with Crippen LogP contribution in [0.25, 0.3) is 11.0 Å². The molecule has 27 heavy (non-hydrogen) atoms. The van der Waals surface area contributed by atoms with E-state index in [9.17, 15) is 4.79 Å². The van der Waals surface area contributed by atoms with Crippen LogP contribution in [0.3, 0.4) is 0 Å². The minimum atomic E-state index is -0.0767. The maximum absolute atomic E-state index is 12.7. The number of nitrogens with zero attached hydrogens (tertiary/aromatic N) is 5. The standard InChI is InChI=1S/C20H24N6O/c27-20(19-24-23-17-5-1-2-12-26(17)19)22-15-6-8-16(9-7-15)25-13-10-14-4-3-11-21-18(14)25/h3-4,10-11,13,15-16H,1-2,5-9,12H2,(H,22,27). The van der Waals surface area contributed by atoms with Crippen LogP contribution in [-0.2, 0) is 13.0 Å². The SMILES string of the molecule is O=C(NC1CCC(n2ccc3cccnc32)CC1)c1nnc2n1CCCC2. The third-order valence-corrected chi connectivity index (χ3v) is 5.96. The van der Waals surface area contributed by atoms with E-state index in [4.69, 9.17) is 0 Å². The predicted molar refractivity (Wildman–Crippen MR) is 101 cm³/mol. The molecule has 0 atom stereocenters. The van der Waals surface area contributed by atoms with Gasteiger partial charge in [0.2, 0.25) is 5.82 Å². The zero-order valence-electron chi connectivity index (χ0n) is 15.3. The number of amides is 1. The van der Waals surface area contributed by atoms with Gasteiger partial charge < -0.3 is 14.5 Å². The van der Waals surface area contributed by atoms with E-state index >= 15 is 0 Å². The van der Waals surface area contributed by atoms with E-state index in [2.05, 4.69) is 43.4 Å². The Morgan fingerprint density at radius 1 is 1.11 bits per heavy atom. The normalized spacial score (nSPS) is 22.5. The van der Waals surface area contributed by atoms with Crippen LogP contribution >= 0.6 is 0 Å². The summed E-state index contributed by atoms with van der Waals surface area (Å²) in [6, 6.07) is 6.86. The summed E-state index contributed by atoms with van der Waals surface area (Å²) in [7, 11) is 0. The molecule has 1 saturated carbocycles. The molecule has 5 rings (SSSR count). The van der Waals surface area contributed by atoms with Crippen molar-refractivity contribution in [1.29, 1.82) is 0 Å². The largest absolute Gasteiger partial charge is 0.347 e. The molecule has 0 radical (unpaired) electrons. The number of pyridine rings is 1. The zero-order valence-corrected chi connectivity index (χ0v) is 15.3. The molecule has 0 unspecified atom stereocenters. The van der Waals surface area contributed by atoms with Gasteiger partial charge in [0.15, 0.2) is 0 Å². The van der Waals surface area contributed by atoms with Crippen molar-refractivity contribution in [2.45, 2.75) is 63.6 Å². The highest BCUT2D eigenvalue weighted by atomic mass is 16.2. The first-order valence-electron chi connectivity index (χ1n) is 9.94. The number of nitrogens with one attached hydrogen (secondary N) is 1. The fraction of sp³-hybridized carbons (Fsp3) is 0.500. The lowest BCUT2D eigenvalue weighted by Crippen LogP contribution is -2.39. The lowest BCUT2D eigenvalue weighted by atomic mass is 9.91. The second-order valence-corrected chi connectivity index (χ2v) is 7.67. The number of hydrogen-bond donors (Lipinski definition) is 1. The van der Waals surface area contributed by atoms with E-state index in [0.29, 0.717) is 11.9 Å². The van der Waals surface area contributed by atoms with Gasteiger partial charge >= 0.3 is 0 Å². The molecule has 0 spiro atoms. The summed E-state index contributed by atoms with van der Waals surface area (Å²) < 4.78 is 4.28. The molecule has 2 aliphatic rings. The van der Waals surface area contributed by atoms with Gasteiger partial charge in [-0.25, -0.2) is 4.98 Å². The molecule has 1 aliphatic heterocycles. The molecule has 3 aromatic heterocycles. The fourth-order valence-corrected chi connectivity index (χ4v) is 4.51. The van der Waals surface area contributed by atoms with E-state index in [1.54, 1.807) is 0 Å². The molecule has 0 bridgehead atoms. The zero-order chi connectivity index (χ0) is 18.2. The Kier molecular flexibility index (Phi) is 4.14. The first-order valence-corrected chi connectivity index (χ1v) is 9.94. The lowest BCUT2D eigenvalue weighted by molar-refractivity contribution is 0.0906. The van der Waals surface area contributed by atoms with Crippen LogP contribution in [0.15, 0.2) is 30.6 Å². The summed E-state index contributed by atoms with van der Waals surface area (Å²) in [4.78, 5) is 17.2. The summed E-state index contributed by atoms with van der Waals surface area (Å²) in [5, 5.41) is 12.7. The Labute approximate surface area is 157 Å². The quantitative estimate of drug-likeness (QED) is 0.775. The van der Waals surface area contributed by atoms with Crippen LogP contribution in [0.4, 0.5) is 0 Å². The highest BCUT2D eigenvalue weighted by Gasteiger charge is 2.27. The van der Waals surface area contributed by atoms with Crippen LogP contribution < -0.4 is 5.32 Å². The molecule has 3 aromatic rings. The van der Waals surface area contributed by atoms with Crippen molar-refractivity contribution in [3.8, 4) is 0 Å². The van der Waals surface area contributed by atoms with E-state index in [-0.39, 0.29) is 11.9 Å². The monoisotopic (exact) mass is 364 g/mol. The molecule has 0 saturated heterocycles. The Bertz CT molecular complexity index is 966. The number of carbonyl (C=O) groups is 1. The van der Waals surface area contributed by atoms with Crippen LogP contribution in [0, 0.1) is 0 Å². The molecule has 0 aromatic carbocycles. The van der Waals surface area contributed by atoms with Gasteiger partial charge in [0.05, 0.1) is 0 Å². The van der Waals surface area contributed by atoms with Crippen molar-refractivity contribution < 1.29 is 4.79 Å². The average molecular weight is 364 g/mol. The second kappa shape index (κ2) is 6.79. The van der Waals surface area contributed by atoms with Gasteiger partial charge in [0, 0.05) is 42.8 Å².